The molecule has 26 heavy (non-hydrogen) atoms. The average Bonchev–Trinajstić information content (AvgIpc) is 2.66. The zero-order valence-electron chi connectivity index (χ0n) is 16.4. The summed E-state index contributed by atoms with van der Waals surface area (Å²) in [6, 6.07) is 0. The topological polar surface area (TPSA) is 118 Å². The highest BCUT2D eigenvalue weighted by Crippen LogP contribution is 2.14. The molecule has 0 aromatic carbocycles. The van der Waals surface area contributed by atoms with Crippen LogP contribution in [0.2, 0.25) is 0 Å². The monoisotopic (exact) mass is 376 g/mol. The van der Waals surface area contributed by atoms with Crippen LogP contribution in [-0.2, 0) is 4.79 Å². The van der Waals surface area contributed by atoms with Crippen LogP contribution >= 0.6 is 0 Å². The Kier molecular flexibility index (Phi) is 16.3. The minimum Gasteiger partial charge on any atom is -0.394 e. The Morgan fingerprint density at radius 1 is 0.692 bits per heavy atom. The third kappa shape index (κ3) is 12.0. The van der Waals surface area contributed by atoms with E-state index in [4.69, 9.17) is 5.11 Å². The molecule has 0 aliphatic carbocycles. The highest BCUT2D eigenvalue weighted by molar-refractivity contribution is 5.83. The molecular formula is C20H40O6. The molecule has 4 atom stereocenters. The van der Waals surface area contributed by atoms with Crippen LogP contribution < -0.4 is 0 Å². The molecule has 0 unspecified atom stereocenters. The molecule has 0 radical (unpaired) electrons. The number of hydrogen-bond acceptors (Lipinski definition) is 6. The van der Waals surface area contributed by atoms with Gasteiger partial charge >= 0.3 is 0 Å². The SMILES string of the molecule is CCCCCCCCCCCCCCC(=O)[C@H](O)[C@@H](O)[C@H](O)[C@H](O)CO. The van der Waals surface area contributed by atoms with E-state index in [9.17, 15) is 25.2 Å². The minimum absolute atomic E-state index is 0.137. The van der Waals surface area contributed by atoms with E-state index in [1.807, 2.05) is 0 Å². The van der Waals surface area contributed by atoms with E-state index in [2.05, 4.69) is 6.92 Å². The molecule has 0 spiro atoms. The van der Waals surface area contributed by atoms with Crippen LogP contribution in [0.15, 0.2) is 0 Å². The van der Waals surface area contributed by atoms with Crippen molar-refractivity contribution in [3.63, 3.8) is 0 Å². The first kappa shape index (κ1) is 25.5. The molecule has 0 amide bonds. The summed E-state index contributed by atoms with van der Waals surface area (Å²) in [5, 5.41) is 46.8. The number of ketones is 1. The minimum atomic E-state index is -1.79. The van der Waals surface area contributed by atoms with E-state index in [1.165, 1.54) is 51.4 Å². The fourth-order valence-electron chi connectivity index (χ4n) is 3.00. The van der Waals surface area contributed by atoms with Crippen LogP contribution in [0.3, 0.4) is 0 Å². The fraction of sp³-hybridized carbons (Fsp3) is 0.950. The predicted molar refractivity (Wildman–Crippen MR) is 102 cm³/mol. The van der Waals surface area contributed by atoms with Gasteiger partial charge in [0.05, 0.1) is 6.61 Å². The molecule has 5 N–H and O–H groups in total. The maximum Gasteiger partial charge on any atom is 0.164 e. The molecule has 0 aliphatic heterocycles. The van der Waals surface area contributed by atoms with E-state index in [0.29, 0.717) is 6.42 Å². The Bertz CT molecular complexity index is 336. The van der Waals surface area contributed by atoms with Gasteiger partial charge in [0.25, 0.3) is 0 Å². The lowest BCUT2D eigenvalue weighted by Crippen LogP contribution is -2.48. The van der Waals surface area contributed by atoms with Gasteiger partial charge in [0.2, 0.25) is 0 Å². The summed E-state index contributed by atoms with van der Waals surface area (Å²) < 4.78 is 0. The number of carbonyl (C=O) groups is 1. The van der Waals surface area contributed by atoms with Crippen molar-refractivity contribution in [2.75, 3.05) is 6.61 Å². The molecular weight excluding hydrogens is 336 g/mol. The summed E-state index contributed by atoms with van der Waals surface area (Å²) in [5.74, 6) is -0.547. The lowest BCUT2D eigenvalue weighted by Gasteiger charge is -2.24. The van der Waals surface area contributed by atoms with Gasteiger partial charge in [0.15, 0.2) is 5.78 Å². The Labute approximate surface area is 158 Å². The number of unbranched alkanes of at least 4 members (excludes halogenated alkanes) is 11. The Hall–Kier alpha value is -0.530. The molecule has 0 saturated carbocycles. The summed E-state index contributed by atoms with van der Waals surface area (Å²) >= 11 is 0. The van der Waals surface area contributed by atoms with E-state index >= 15 is 0 Å². The number of aliphatic hydroxyl groups is 5. The predicted octanol–water partition coefficient (Wildman–Crippen LogP) is 2.08. The van der Waals surface area contributed by atoms with E-state index in [1.54, 1.807) is 0 Å². The third-order valence-corrected chi connectivity index (χ3v) is 4.86. The number of carbonyl (C=O) groups excluding carboxylic acids is 1. The molecule has 0 aliphatic rings. The van der Waals surface area contributed by atoms with Crippen LogP contribution in [0.1, 0.15) is 90.4 Å². The van der Waals surface area contributed by atoms with Crippen molar-refractivity contribution in [3.05, 3.63) is 0 Å². The number of hydrogen-bond donors (Lipinski definition) is 5. The van der Waals surface area contributed by atoms with Crippen LogP contribution in [0, 0.1) is 0 Å². The molecule has 156 valence electrons. The van der Waals surface area contributed by atoms with Crippen molar-refractivity contribution in [2.45, 2.75) is 115 Å². The highest BCUT2D eigenvalue weighted by atomic mass is 16.4. The van der Waals surface area contributed by atoms with Gasteiger partial charge in [0, 0.05) is 6.42 Å². The second kappa shape index (κ2) is 16.6. The molecule has 0 aromatic heterocycles. The summed E-state index contributed by atoms with van der Waals surface area (Å²) in [5.41, 5.74) is 0. The molecule has 0 fully saturated rings. The van der Waals surface area contributed by atoms with E-state index < -0.39 is 36.8 Å². The van der Waals surface area contributed by atoms with Gasteiger partial charge in [-0.1, -0.05) is 77.6 Å². The van der Waals surface area contributed by atoms with Crippen LogP contribution in [0.5, 0.6) is 0 Å². The van der Waals surface area contributed by atoms with Crippen molar-refractivity contribution in [1.29, 1.82) is 0 Å². The van der Waals surface area contributed by atoms with Crippen molar-refractivity contribution in [2.24, 2.45) is 0 Å². The third-order valence-electron chi connectivity index (χ3n) is 4.86. The summed E-state index contributed by atoms with van der Waals surface area (Å²) in [7, 11) is 0. The second-order valence-electron chi connectivity index (χ2n) is 7.28. The van der Waals surface area contributed by atoms with Crippen molar-refractivity contribution in [3.8, 4) is 0 Å². The number of Topliss-reactive ketones (excluding diaryl/α,β-unsaturated/α-hetero) is 1. The molecule has 0 rings (SSSR count). The smallest absolute Gasteiger partial charge is 0.164 e. The van der Waals surface area contributed by atoms with Crippen molar-refractivity contribution >= 4 is 5.78 Å². The number of rotatable bonds is 18. The zero-order valence-corrected chi connectivity index (χ0v) is 16.4. The zero-order chi connectivity index (χ0) is 19.8. The molecule has 6 heteroatoms. The van der Waals surface area contributed by atoms with Crippen molar-refractivity contribution in [1.82, 2.24) is 0 Å². The van der Waals surface area contributed by atoms with Gasteiger partial charge in [-0.25, -0.2) is 0 Å². The maximum atomic E-state index is 11.8. The maximum absolute atomic E-state index is 11.8. The van der Waals surface area contributed by atoms with Gasteiger partial charge in [-0.05, 0) is 6.42 Å². The van der Waals surface area contributed by atoms with Crippen LogP contribution in [0.25, 0.3) is 0 Å². The highest BCUT2D eigenvalue weighted by Gasteiger charge is 2.33. The lowest BCUT2D eigenvalue weighted by atomic mass is 9.97. The normalized spacial score (nSPS) is 16.2. The lowest BCUT2D eigenvalue weighted by molar-refractivity contribution is -0.147. The van der Waals surface area contributed by atoms with Crippen LogP contribution in [0.4, 0.5) is 0 Å². The summed E-state index contributed by atoms with van der Waals surface area (Å²) in [6.45, 7) is 1.47. The molecule has 0 aromatic rings. The van der Waals surface area contributed by atoms with Gasteiger partial charge in [-0.2, -0.15) is 0 Å². The molecule has 0 saturated heterocycles. The Balaban J connectivity index is 3.61. The van der Waals surface area contributed by atoms with Gasteiger partial charge in [-0.3, -0.25) is 4.79 Å². The Morgan fingerprint density at radius 3 is 1.54 bits per heavy atom. The van der Waals surface area contributed by atoms with Crippen LogP contribution in [-0.4, -0.2) is 62.3 Å². The van der Waals surface area contributed by atoms with Crippen molar-refractivity contribution < 1.29 is 30.3 Å². The molecule has 0 heterocycles. The van der Waals surface area contributed by atoms with Gasteiger partial charge < -0.3 is 25.5 Å². The van der Waals surface area contributed by atoms with E-state index in [0.717, 1.165) is 19.3 Å². The summed E-state index contributed by atoms with van der Waals surface area (Å²) in [6.07, 6.45) is 7.42. The summed E-state index contributed by atoms with van der Waals surface area (Å²) in [4.78, 5) is 11.8. The molecule has 0 bridgehead atoms. The largest absolute Gasteiger partial charge is 0.394 e. The molecule has 6 nitrogen and oxygen atoms in total. The van der Waals surface area contributed by atoms with E-state index in [-0.39, 0.29) is 6.42 Å². The first-order chi connectivity index (χ1) is 12.5. The first-order valence-electron chi connectivity index (χ1n) is 10.3. The fourth-order valence-corrected chi connectivity index (χ4v) is 3.00. The van der Waals surface area contributed by atoms with Gasteiger partial charge in [-0.15, -0.1) is 0 Å². The second-order valence-corrected chi connectivity index (χ2v) is 7.28. The number of aliphatic hydroxyl groups excluding tert-OH is 5. The standard InChI is InChI=1S/C20H40O6/c1-2-3-4-5-6-7-8-9-10-11-12-13-14-16(22)18(24)20(26)19(25)17(23)15-21/h17-21,23-26H,2-15H2,1H3/t17-,18+,19-,20-/m1/s1. The van der Waals surface area contributed by atoms with Gasteiger partial charge in [0.1, 0.15) is 24.4 Å². The Morgan fingerprint density at radius 2 is 1.12 bits per heavy atom. The average molecular weight is 377 g/mol. The quantitative estimate of drug-likeness (QED) is 0.234. The first-order valence-corrected chi connectivity index (χ1v) is 10.3.